The first-order valence-electron chi connectivity index (χ1n) is 11.6. The van der Waals surface area contributed by atoms with Crippen LogP contribution in [-0.4, -0.2) is 61.3 Å². The Balaban J connectivity index is 1.47. The summed E-state index contributed by atoms with van der Waals surface area (Å²) in [6.45, 7) is 1.75. The molecule has 7 heteroatoms. The maximum atomic E-state index is 12.7. The second-order valence-corrected chi connectivity index (χ2v) is 8.67. The van der Waals surface area contributed by atoms with Crippen molar-refractivity contribution in [2.45, 2.75) is 38.5 Å². The van der Waals surface area contributed by atoms with Crippen LogP contribution in [0.4, 0.5) is 11.4 Å². The Morgan fingerprint density at radius 2 is 1.61 bits per heavy atom. The third-order valence-corrected chi connectivity index (χ3v) is 5.82. The van der Waals surface area contributed by atoms with E-state index in [0.717, 1.165) is 37.2 Å². The summed E-state index contributed by atoms with van der Waals surface area (Å²) in [5.41, 5.74) is 3.18. The Morgan fingerprint density at radius 1 is 0.909 bits per heavy atom. The summed E-state index contributed by atoms with van der Waals surface area (Å²) in [6.07, 6.45) is 5.59. The molecule has 0 spiro atoms. The fourth-order valence-corrected chi connectivity index (χ4v) is 3.85. The van der Waals surface area contributed by atoms with Crippen molar-refractivity contribution in [3.63, 3.8) is 0 Å². The van der Waals surface area contributed by atoms with Gasteiger partial charge in [-0.05, 0) is 61.2 Å². The van der Waals surface area contributed by atoms with Crippen LogP contribution in [0.2, 0.25) is 0 Å². The summed E-state index contributed by atoms with van der Waals surface area (Å²) in [6, 6.07) is 14.8. The molecule has 0 saturated carbocycles. The Morgan fingerprint density at radius 3 is 2.27 bits per heavy atom. The zero-order chi connectivity index (χ0) is 23.6. The molecular weight excluding hydrogens is 416 g/mol. The summed E-state index contributed by atoms with van der Waals surface area (Å²) < 4.78 is 0. The molecule has 0 atom stereocenters. The summed E-state index contributed by atoms with van der Waals surface area (Å²) in [5.74, 6) is -0.0229. The molecule has 7 nitrogen and oxygen atoms in total. The minimum Gasteiger partial charge on any atom is -0.376 e. The Hall–Kier alpha value is -3.35. The van der Waals surface area contributed by atoms with Crippen LogP contribution in [0.15, 0.2) is 48.5 Å². The van der Waals surface area contributed by atoms with E-state index in [0.29, 0.717) is 24.1 Å². The van der Waals surface area contributed by atoms with E-state index in [1.54, 1.807) is 43.3 Å². The minimum atomic E-state index is -0.171. The minimum absolute atomic E-state index is 0.0589. The van der Waals surface area contributed by atoms with Gasteiger partial charge in [0.1, 0.15) is 0 Å². The van der Waals surface area contributed by atoms with Crippen LogP contribution in [-0.2, 0) is 16.0 Å². The molecule has 176 valence electrons. The number of rotatable bonds is 8. The van der Waals surface area contributed by atoms with Crippen LogP contribution in [0, 0.1) is 0 Å². The number of amides is 3. The lowest BCUT2D eigenvalue weighted by Gasteiger charge is -2.20. The zero-order valence-electron chi connectivity index (χ0n) is 19.6. The predicted octanol–water partition coefficient (Wildman–Crippen LogP) is 3.77. The molecule has 1 aliphatic heterocycles. The summed E-state index contributed by atoms with van der Waals surface area (Å²) >= 11 is 0. The van der Waals surface area contributed by atoms with Gasteiger partial charge >= 0.3 is 0 Å². The number of anilines is 2. The highest BCUT2D eigenvalue weighted by Gasteiger charge is 2.17. The van der Waals surface area contributed by atoms with Gasteiger partial charge in [-0.15, -0.1) is 0 Å². The van der Waals surface area contributed by atoms with Crippen LogP contribution < -0.4 is 10.6 Å². The van der Waals surface area contributed by atoms with Gasteiger partial charge in [-0.25, -0.2) is 0 Å². The van der Waals surface area contributed by atoms with Crippen LogP contribution in [0.25, 0.3) is 0 Å². The number of hydrogen-bond donors (Lipinski definition) is 2. The van der Waals surface area contributed by atoms with E-state index in [9.17, 15) is 14.4 Å². The molecule has 2 N–H and O–H groups in total. The first kappa shape index (κ1) is 24.3. The molecule has 2 aromatic carbocycles. The van der Waals surface area contributed by atoms with Crippen molar-refractivity contribution < 1.29 is 14.4 Å². The molecule has 0 aliphatic carbocycles. The normalized spacial score (nSPS) is 13.7. The van der Waals surface area contributed by atoms with Gasteiger partial charge in [0.05, 0.1) is 6.54 Å². The lowest BCUT2D eigenvalue weighted by atomic mass is 10.1. The van der Waals surface area contributed by atoms with Gasteiger partial charge in [-0.2, -0.15) is 0 Å². The number of benzene rings is 2. The number of carbonyl (C=O) groups is 3. The molecule has 0 aromatic heterocycles. The summed E-state index contributed by atoms with van der Waals surface area (Å²) in [4.78, 5) is 40.4. The van der Waals surface area contributed by atoms with E-state index >= 15 is 0 Å². The highest BCUT2D eigenvalue weighted by molar-refractivity contribution is 5.96. The van der Waals surface area contributed by atoms with Crippen molar-refractivity contribution in [2.24, 2.45) is 0 Å². The average Bonchev–Trinajstić information content (AvgIpc) is 3.11. The van der Waals surface area contributed by atoms with Gasteiger partial charge < -0.3 is 20.4 Å². The van der Waals surface area contributed by atoms with E-state index in [4.69, 9.17) is 0 Å². The largest absolute Gasteiger partial charge is 0.376 e. The quantitative estimate of drug-likeness (QED) is 0.641. The standard InChI is InChI=1S/C26H34N4O3/c1-29(2)25(32)15-10-20-8-7-9-23(18-20)27-19-24(31)28-22-13-11-21(12-14-22)26(33)30-16-5-3-4-6-17-30/h7-9,11-14,18,27H,3-6,10,15-17,19H2,1-2H3,(H,28,31). The number of nitrogens with one attached hydrogen (secondary N) is 2. The Labute approximate surface area is 196 Å². The third kappa shape index (κ3) is 7.63. The van der Waals surface area contributed by atoms with Crippen molar-refractivity contribution in [1.29, 1.82) is 0 Å². The summed E-state index contributed by atoms with van der Waals surface area (Å²) in [7, 11) is 3.50. The molecule has 1 aliphatic rings. The highest BCUT2D eigenvalue weighted by atomic mass is 16.2. The fourth-order valence-electron chi connectivity index (χ4n) is 3.85. The molecule has 3 amide bonds. The second kappa shape index (κ2) is 12.0. The average molecular weight is 451 g/mol. The Kier molecular flexibility index (Phi) is 8.87. The van der Waals surface area contributed by atoms with Crippen molar-refractivity contribution in [1.82, 2.24) is 9.80 Å². The van der Waals surface area contributed by atoms with Gasteiger partial charge in [0.25, 0.3) is 5.91 Å². The van der Waals surface area contributed by atoms with Crippen LogP contribution in [0.5, 0.6) is 0 Å². The topological polar surface area (TPSA) is 81.8 Å². The smallest absolute Gasteiger partial charge is 0.253 e. The van der Waals surface area contributed by atoms with E-state index in [1.165, 1.54) is 12.8 Å². The Bertz CT molecular complexity index is 948. The number of nitrogens with zero attached hydrogens (tertiary/aromatic N) is 2. The van der Waals surface area contributed by atoms with Gasteiger partial charge in [0.2, 0.25) is 11.8 Å². The second-order valence-electron chi connectivity index (χ2n) is 8.67. The number of likely N-dealkylation sites (tertiary alicyclic amines) is 1. The molecule has 2 aromatic rings. The lowest BCUT2D eigenvalue weighted by Crippen LogP contribution is -2.31. The molecule has 0 unspecified atom stereocenters. The molecule has 1 fully saturated rings. The maximum Gasteiger partial charge on any atom is 0.253 e. The molecule has 0 radical (unpaired) electrons. The fraction of sp³-hybridized carbons (Fsp3) is 0.423. The van der Waals surface area contributed by atoms with E-state index in [-0.39, 0.29) is 24.3 Å². The monoisotopic (exact) mass is 450 g/mol. The van der Waals surface area contributed by atoms with Gasteiger partial charge in [0.15, 0.2) is 0 Å². The number of hydrogen-bond acceptors (Lipinski definition) is 4. The maximum absolute atomic E-state index is 12.7. The van der Waals surface area contributed by atoms with Crippen molar-refractivity contribution in [3.8, 4) is 0 Å². The zero-order valence-corrected chi connectivity index (χ0v) is 19.6. The molecule has 3 rings (SSSR count). The molecule has 1 saturated heterocycles. The molecular formula is C26H34N4O3. The van der Waals surface area contributed by atoms with Crippen LogP contribution >= 0.6 is 0 Å². The molecule has 1 heterocycles. The van der Waals surface area contributed by atoms with Crippen molar-refractivity contribution in [3.05, 3.63) is 59.7 Å². The third-order valence-electron chi connectivity index (χ3n) is 5.82. The highest BCUT2D eigenvalue weighted by Crippen LogP contribution is 2.16. The van der Waals surface area contributed by atoms with Crippen LogP contribution in [0.1, 0.15) is 48.0 Å². The van der Waals surface area contributed by atoms with Crippen LogP contribution in [0.3, 0.4) is 0 Å². The number of aryl methyl sites for hydroxylation is 1. The molecule has 0 bridgehead atoms. The van der Waals surface area contributed by atoms with E-state index < -0.39 is 0 Å². The first-order valence-corrected chi connectivity index (χ1v) is 11.6. The SMILES string of the molecule is CN(C)C(=O)CCc1cccc(NCC(=O)Nc2ccc(C(=O)N3CCCCCC3)cc2)c1. The summed E-state index contributed by atoms with van der Waals surface area (Å²) in [5, 5.41) is 5.98. The van der Waals surface area contributed by atoms with Crippen molar-refractivity contribution in [2.75, 3.05) is 44.4 Å². The van der Waals surface area contributed by atoms with E-state index in [1.807, 2.05) is 29.2 Å². The lowest BCUT2D eigenvalue weighted by molar-refractivity contribution is -0.128. The van der Waals surface area contributed by atoms with Crippen molar-refractivity contribution >= 4 is 29.1 Å². The number of carbonyl (C=O) groups excluding carboxylic acids is 3. The van der Waals surface area contributed by atoms with Gasteiger partial charge in [-0.3, -0.25) is 14.4 Å². The van der Waals surface area contributed by atoms with Gasteiger partial charge in [0, 0.05) is 50.5 Å². The first-order chi connectivity index (χ1) is 15.9. The van der Waals surface area contributed by atoms with Gasteiger partial charge in [-0.1, -0.05) is 25.0 Å². The van der Waals surface area contributed by atoms with E-state index in [2.05, 4.69) is 10.6 Å². The molecule has 33 heavy (non-hydrogen) atoms. The predicted molar refractivity (Wildman–Crippen MR) is 131 cm³/mol.